The van der Waals surface area contributed by atoms with Gasteiger partial charge in [-0.3, -0.25) is 0 Å². The van der Waals surface area contributed by atoms with Gasteiger partial charge in [-0.2, -0.15) is 0 Å². The Bertz CT molecular complexity index is 678. The van der Waals surface area contributed by atoms with Crippen molar-refractivity contribution in [2.75, 3.05) is 0 Å². The van der Waals surface area contributed by atoms with Crippen LogP contribution in [-0.2, 0) is 25.9 Å². The zero-order chi connectivity index (χ0) is 14.2. The second-order valence-corrected chi connectivity index (χ2v) is 6.10. The van der Waals surface area contributed by atoms with Crippen LogP contribution in [0.25, 0.3) is 0 Å². The molecule has 1 atom stereocenters. The summed E-state index contributed by atoms with van der Waals surface area (Å²) in [5.41, 5.74) is 6.76. The van der Waals surface area contributed by atoms with Gasteiger partial charge in [-0.1, -0.05) is 37.6 Å². The second kappa shape index (κ2) is 5.23. The minimum absolute atomic E-state index is 0.391. The van der Waals surface area contributed by atoms with E-state index in [2.05, 4.69) is 36.5 Å². The highest BCUT2D eigenvalue weighted by Gasteiger charge is 2.28. The van der Waals surface area contributed by atoms with Crippen molar-refractivity contribution >= 4 is 0 Å². The van der Waals surface area contributed by atoms with Crippen molar-refractivity contribution < 1.29 is 0 Å². The minimum atomic E-state index is 0.391. The van der Waals surface area contributed by atoms with E-state index in [1.54, 1.807) is 0 Å². The van der Waals surface area contributed by atoms with Crippen LogP contribution in [0.1, 0.15) is 59.6 Å². The molecule has 21 heavy (non-hydrogen) atoms. The molecule has 0 bridgehead atoms. The predicted octanol–water partition coefficient (Wildman–Crippen LogP) is 3.11. The lowest BCUT2D eigenvalue weighted by atomic mass is 9.99. The highest BCUT2D eigenvalue weighted by atomic mass is 15.0. The van der Waals surface area contributed by atoms with E-state index in [9.17, 15) is 0 Å². The van der Waals surface area contributed by atoms with E-state index in [1.165, 1.54) is 28.1 Å². The van der Waals surface area contributed by atoms with Crippen molar-refractivity contribution in [1.29, 1.82) is 0 Å². The fourth-order valence-corrected chi connectivity index (χ4v) is 3.68. The highest BCUT2D eigenvalue weighted by Crippen LogP contribution is 2.37. The Hall–Kier alpha value is -1.74. The third-order valence-corrected chi connectivity index (χ3v) is 4.72. The summed E-state index contributed by atoms with van der Waals surface area (Å²) < 4.78 is 0. The number of benzene rings is 1. The Morgan fingerprint density at radius 1 is 1.19 bits per heavy atom. The number of nitrogens with one attached hydrogen (secondary N) is 1. The van der Waals surface area contributed by atoms with Gasteiger partial charge in [0.2, 0.25) is 0 Å². The molecule has 3 nitrogen and oxygen atoms in total. The molecule has 1 unspecified atom stereocenters. The summed E-state index contributed by atoms with van der Waals surface area (Å²) in [5, 5.41) is 3.42. The smallest absolute Gasteiger partial charge is 0.136 e. The molecule has 0 fully saturated rings. The molecule has 1 aromatic carbocycles. The lowest BCUT2D eigenvalue weighted by Crippen LogP contribution is -2.10. The van der Waals surface area contributed by atoms with E-state index >= 15 is 0 Å². The van der Waals surface area contributed by atoms with Gasteiger partial charge in [0.1, 0.15) is 5.82 Å². The number of hydrogen-bond acceptors (Lipinski definition) is 3. The van der Waals surface area contributed by atoms with E-state index in [0.717, 1.165) is 44.6 Å². The number of fused-ring (bicyclic) bond motifs is 2. The lowest BCUT2D eigenvalue weighted by Gasteiger charge is -2.14. The first kappa shape index (κ1) is 13.0. The molecule has 4 rings (SSSR count). The summed E-state index contributed by atoms with van der Waals surface area (Å²) in [5.74, 6) is 1.44. The van der Waals surface area contributed by atoms with Crippen LogP contribution in [0.2, 0.25) is 0 Å². The SMILES string of the molecule is CCCc1nc(C2CCc3ccccc32)nc2c1CNC2. The summed E-state index contributed by atoms with van der Waals surface area (Å²) in [6.07, 6.45) is 4.51. The monoisotopic (exact) mass is 279 g/mol. The third-order valence-electron chi connectivity index (χ3n) is 4.72. The standard InChI is InChI=1S/C18H21N3/c1-2-5-16-15-10-19-11-17(15)21-18(20-16)14-9-8-12-6-3-4-7-13(12)14/h3-4,6-7,14,19H,2,5,8-11H2,1H3. The number of rotatable bonds is 3. The quantitative estimate of drug-likeness (QED) is 0.938. The Labute approximate surface area is 125 Å². The highest BCUT2D eigenvalue weighted by molar-refractivity contribution is 5.40. The van der Waals surface area contributed by atoms with Crippen LogP contribution in [0.3, 0.4) is 0 Å². The molecular weight excluding hydrogens is 258 g/mol. The summed E-state index contributed by atoms with van der Waals surface area (Å²) in [4.78, 5) is 9.87. The number of nitrogens with zero attached hydrogens (tertiary/aromatic N) is 2. The molecule has 0 saturated heterocycles. The van der Waals surface area contributed by atoms with Gasteiger partial charge < -0.3 is 5.32 Å². The normalized spacial score (nSPS) is 19.6. The maximum Gasteiger partial charge on any atom is 0.136 e. The van der Waals surface area contributed by atoms with Gasteiger partial charge in [0.25, 0.3) is 0 Å². The van der Waals surface area contributed by atoms with Crippen LogP contribution in [0.4, 0.5) is 0 Å². The zero-order valence-corrected chi connectivity index (χ0v) is 12.5. The average molecular weight is 279 g/mol. The fourth-order valence-electron chi connectivity index (χ4n) is 3.68. The Kier molecular flexibility index (Phi) is 3.23. The largest absolute Gasteiger partial charge is 0.307 e. The summed E-state index contributed by atoms with van der Waals surface area (Å²) >= 11 is 0. The van der Waals surface area contributed by atoms with E-state index in [-0.39, 0.29) is 0 Å². The summed E-state index contributed by atoms with van der Waals surface area (Å²) in [7, 11) is 0. The fraction of sp³-hybridized carbons (Fsp3) is 0.444. The maximum absolute atomic E-state index is 4.96. The van der Waals surface area contributed by atoms with Crippen LogP contribution in [0, 0.1) is 0 Å². The molecule has 108 valence electrons. The molecule has 3 heteroatoms. The van der Waals surface area contributed by atoms with Gasteiger partial charge in [-0.25, -0.2) is 9.97 Å². The molecule has 2 aliphatic rings. The van der Waals surface area contributed by atoms with Crippen LogP contribution in [0.5, 0.6) is 0 Å². The van der Waals surface area contributed by atoms with E-state index < -0.39 is 0 Å². The van der Waals surface area contributed by atoms with Crippen molar-refractivity contribution in [3.05, 3.63) is 58.2 Å². The van der Waals surface area contributed by atoms with Gasteiger partial charge in [0.15, 0.2) is 0 Å². The number of aryl methyl sites for hydroxylation is 2. The second-order valence-electron chi connectivity index (χ2n) is 6.10. The maximum atomic E-state index is 4.96. The van der Waals surface area contributed by atoms with Crippen molar-refractivity contribution in [2.24, 2.45) is 0 Å². The molecule has 0 amide bonds. The summed E-state index contributed by atoms with van der Waals surface area (Å²) in [6, 6.07) is 8.77. The van der Waals surface area contributed by atoms with Gasteiger partial charge in [0, 0.05) is 30.3 Å². The third kappa shape index (κ3) is 2.16. The number of aromatic nitrogens is 2. The topological polar surface area (TPSA) is 37.8 Å². The molecule has 1 aliphatic carbocycles. The van der Waals surface area contributed by atoms with Gasteiger partial charge >= 0.3 is 0 Å². The Morgan fingerprint density at radius 3 is 3.00 bits per heavy atom. The molecule has 2 heterocycles. The van der Waals surface area contributed by atoms with Crippen LogP contribution >= 0.6 is 0 Å². The van der Waals surface area contributed by atoms with Gasteiger partial charge in [-0.05, 0) is 30.4 Å². The van der Waals surface area contributed by atoms with Crippen LogP contribution in [0.15, 0.2) is 24.3 Å². The first-order valence-electron chi connectivity index (χ1n) is 8.04. The first-order valence-corrected chi connectivity index (χ1v) is 8.04. The molecule has 1 aromatic heterocycles. The zero-order valence-electron chi connectivity index (χ0n) is 12.5. The van der Waals surface area contributed by atoms with Crippen LogP contribution < -0.4 is 5.32 Å². The molecule has 0 radical (unpaired) electrons. The minimum Gasteiger partial charge on any atom is -0.307 e. The molecule has 1 aliphatic heterocycles. The molecule has 1 N–H and O–H groups in total. The molecule has 0 spiro atoms. The van der Waals surface area contributed by atoms with Gasteiger partial charge in [-0.15, -0.1) is 0 Å². The predicted molar refractivity (Wildman–Crippen MR) is 83.2 cm³/mol. The van der Waals surface area contributed by atoms with Crippen molar-refractivity contribution in [1.82, 2.24) is 15.3 Å². The Morgan fingerprint density at radius 2 is 2.10 bits per heavy atom. The first-order chi connectivity index (χ1) is 10.4. The number of hydrogen-bond donors (Lipinski definition) is 1. The van der Waals surface area contributed by atoms with E-state index in [1.807, 2.05) is 0 Å². The summed E-state index contributed by atoms with van der Waals surface area (Å²) in [6.45, 7) is 4.06. The lowest BCUT2D eigenvalue weighted by molar-refractivity contribution is 0.702. The molecule has 0 saturated carbocycles. The van der Waals surface area contributed by atoms with Crippen molar-refractivity contribution in [2.45, 2.75) is 51.6 Å². The Balaban J connectivity index is 1.78. The molecular formula is C18H21N3. The van der Waals surface area contributed by atoms with Crippen LogP contribution in [-0.4, -0.2) is 9.97 Å². The van der Waals surface area contributed by atoms with Gasteiger partial charge in [0.05, 0.1) is 5.69 Å². The van der Waals surface area contributed by atoms with E-state index in [4.69, 9.17) is 9.97 Å². The molecule has 2 aromatic rings. The van der Waals surface area contributed by atoms with E-state index in [0.29, 0.717) is 5.92 Å². The average Bonchev–Trinajstić information content (AvgIpc) is 3.13. The van der Waals surface area contributed by atoms with Crippen molar-refractivity contribution in [3.63, 3.8) is 0 Å². The van der Waals surface area contributed by atoms with Crippen molar-refractivity contribution in [3.8, 4) is 0 Å².